The van der Waals surface area contributed by atoms with Gasteiger partial charge >= 0.3 is 0 Å². The van der Waals surface area contributed by atoms with E-state index in [0.717, 1.165) is 17.7 Å². The molecule has 3 aromatic rings. The van der Waals surface area contributed by atoms with Crippen LogP contribution in [0.25, 0.3) is 11.3 Å². The largest absolute Gasteiger partial charge is 0.278 e. The molecule has 5 heteroatoms. The van der Waals surface area contributed by atoms with Gasteiger partial charge < -0.3 is 0 Å². The Labute approximate surface area is 131 Å². The number of amides is 1. The molecule has 0 aliphatic rings. The molecule has 0 N–H and O–H groups in total. The summed E-state index contributed by atoms with van der Waals surface area (Å²) in [5.41, 5.74) is 3.08. The number of hydrogen-bond acceptors (Lipinski definition) is 4. The van der Waals surface area contributed by atoms with Crippen molar-refractivity contribution in [3.63, 3.8) is 0 Å². The number of carbonyl (C=O) groups excluding carboxylic acids is 1. The Morgan fingerprint density at radius 2 is 1.82 bits per heavy atom. The molecule has 0 saturated carbocycles. The highest BCUT2D eigenvalue weighted by atomic mass is 32.1. The van der Waals surface area contributed by atoms with Gasteiger partial charge in [-0.15, -0.1) is 11.3 Å². The Balaban J connectivity index is 1.93. The molecule has 4 nitrogen and oxygen atoms in total. The number of carbonyl (C=O) groups is 1. The van der Waals surface area contributed by atoms with Crippen molar-refractivity contribution < 1.29 is 4.79 Å². The molecular weight excluding hydrogens is 294 g/mol. The van der Waals surface area contributed by atoms with Crippen molar-refractivity contribution in [3.05, 3.63) is 65.5 Å². The molecule has 0 fully saturated rings. The van der Waals surface area contributed by atoms with Crippen LogP contribution in [0.3, 0.4) is 0 Å². The molecule has 1 amide bonds. The molecule has 0 saturated heterocycles. The molecule has 0 aliphatic heterocycles. The minimum absolute atomic E-state index is 0.554. The zero-order valence-corrected chi connectivity index (χ0v) is 12.3. The van der Waals surface area contributed by atoms with Gasteiger partial charge in [-0.25, -0.2) is 4.98 Å². The first kappa shape index (κ1) is 14.0. The molecule has 0 spiro atoms. The van der Waals surface area contributed by atoms with Crippen molar-refractivity contribution in [3.8, 4) is 17.3 Å². The van der Waals surface area contributed by atoms with Crippen molar-refractivity contribution >= 4 is 28.6 Å². The Hall–Kier alpha value is -2.97. The smallest absolute Gasteiger partial charge is 0.220 e. The molecular formula is C17H11N3OS. The van der Waals surface area contributed by atoms with Crippen LogP contribution in [-0.2, 0) is 4.79 Å². The maximum Gasteiger partial charge on any atom is 0.220 e. The van der Waals surface area contributed by atoms with Crippen LogP contribution in [0.1, 0.15) is 5.56 Å². The third-order valence-electron chi connectivity index (χ3n) is 3.15. The summed E-state index contributed by atoms with van der Waals surface area (Å²) in [5, 5.41) is 11.3. The lowest BCUT2D eigenvalue weighted by atomic mass is 10.2. The number of nitrogens with zero attached hydrogens (tertiary/aromatic N) is 3. The molecule has 106 valence electrons. The first-order valence-electron chi connectivity index (χ1n) is 6.57. The van der Waals surface area contributed by atoms with Gasteiger partial charge in [-0.1, -0.05) is 30.3 Å². The molecule has 1 heterocycles. The fourth-order valence-electron chi connectivity index (χ4n) is 2.03. The van der Waals surface area contributed by atoms with Crippen LogP contribution in [0.15, 0.2) is 60.0 Å². The van der Waals surface area contributed by atoms with Gasteiger partial charge in [0, 0.05) is 10.9 Å². The summed E-state index contributed by atoms with van der Waals surface area (Å²) in [5.74, 6) is 0. The Morgan fingerprint density at radius 3 is 2.45 bits per heavy atom. The van der Waals surface area contributed by atoms with Crippen molar-refractivity contribution in [1.29, 1.82) is 5.26 Å². The summed E-state index contributed by atoms with van der Waals surface area (Å²) in [6.07, 6.45) is 0.731. The van der Waals surface area contributed by atoms with E-state index in [9.17, 15) is 4.79 Å². The van der Waals surface area contributed by atoms with Crippen molar-refractivity contribution in [2.24, 2.45) is 0 Å². The van der Waals surface area contributed by atoms with E-state index in [1.807, 2.05) is 35.7 Å². The van der Waals surface area contributed by atoms with E-state index in [2.05, 4.69) is 11.1 Å². The minimum Gasteiger partial charge on any atom is -0.278 e. The molecule has 0 atom stereocenters. The van der Waals surface area contributed by atoms with E-state index in [0.29, 0.717) is 16.4 Å². The second kappa shape index (κ2) is 6.20. The number of aromatic nitrogens is 1. The van der Waals surface area contributed by atoms with E-state index in [1.165, 1.54) is 16.2 Å². The topological polar surface area (TPSA) is 57.0 Å². The number of anilines is 2. The average molecular weight is 305 g/mol. The normalized spacial score (nSPS) is 9.95. The lowest BCUT2D eigenvalue weighted by Gasteiger charge is -2.13. The highest BCUT2D eigenvalue weighted by molar-refractivity contribution is 7.14. The number of hydrogen-bond donors (Lipinski definition) is 0. The average Bonchev–Trinajstić information content (AvgIpc) is 3.07. The summed E-state index contributed by atoms with van der Waals surface area (Å²) in [6.45, 7) is 0. The molecule has 2 aromatic carbocycles. The van der Waals surface area contributed by atoms with E-state index in [-0.39, 0.29) is 0 Å². The summed E-state index contributed by atoms with van der Waals surface area (Å²) in [7, 11) is 0. The lowest BCUT2D eigenvalue weighted by Crippen LogP contribution is -2.13. The first-order valence-corrected chi connectivity index (χ1v) is 7.45. The quantitative estimate of drug-likeness (QED) is 0.685. The predicted octanol–water partition coefficient (Wildman–Crippen LogP) is 3.98. The minimum atomic E-state index is 0.554. The maximum atomic E-state index is 11.4. The van der Waals surface area contributed by atoms with E-state index in [1.54, 1.807) is 24.3 Å². The zero-order chi connectivity index (χ0) is 15.4. The van der Waals surface area contributed by atoms with Crippen LogP contribution < -0.4 is 4.90 Å². The van der Waals surface area contributed by atoms with Crippen LogP contribution in [0.2, 0.25) is 0 Å². The second-order valence-electron chi connectivity index (χ2n) is 4.52. The lowest BCUT2D eigenvalue weighted by molar-refractivity contribution is -0.106. The standard InChI is InChI=1S/C17H11N3OS/c18-10-13-6-8-15(9-7-13)20(12-21)17-19-16(11-22-17)14-4-2-1-3-5-14/h1-9,11-12H. The van der Waals surface area contributed by atoms with Gasteiger partial charge in [0.1, 0.15) is 0 Å². The van der Waals surface area contributed by atoms with Crippen LogP contribution in [0, 0.1) is 11.3 Å². The van der Waals surface area contributed by atoms with Gasteiger partial charge in [0.05, 0.1) is 23.0 Å². The van der Waals surface area contributed by atoms with Crippen molar-refractivity contribution in [2.45, 2.75) is 0 Å². The van der Waals surface area contributed by atoms with E-state index < -0.39 is 0 Å². The van der Waals surface area contributed by atoms with Gasteiger partial charge in [-0.05, 0) is 24.3 Å². The van der Waals surface area contributed by atoms with Crippen molar-refractivity contribution in [2.75, 3.05) is 4.90 Å². The molecule has 0 bridgehead atoms. The third-order valence-corrected chi connectivity index (χ3v) is 3.99. The molecule has 0 aliphatic carbocycles. The number of nitriles is 1. The molecule has 0 unspecified atom stereocenters. The van der Waals surface area contributed by atoms with E-state index >= 15 is 0 Å². The van der Waals surface area contributed by atoms with Gasteiger partial charge in [-0.3, -0.25) is 9.69 Å². The summed E-state index contributed by atoms with van der Waals surface area (Å²) in [6, 6.07) is 18.7. The fraction of sp³-hybridized carbons (Fsp3) is 0. The van der Waals surface area contributed by atoms with Gasteiger partial charge in [0.15, 0.2) is 5.13 Å². The Kier molecular flexibility index (Phi) is 3.95. The Morgan fingerprint density at radius 1 is 1.09 bits per heavy atom. The van der Waals surface area contributed by atoms with E-state index in [4.69, 9.17) is 5.26 Å². The highest BCUT2D eigenvalue weighted by Crippen LogP contribution is 2.31. The van der Waals surface area contributed by atoms with Gasteiger partial charge in [0.25, 0.3) is 0 Å². The monoisotopic (exact) mass is 305 g/mol. The fourth-order valence-corrected chi connectivity index (χ4v) is 2.85. The van der Waals surface area contributed by atoms with Crippen LogP contribution in [0.5, 0.6) is 0 Å². The molecule has 1 aromatic heterocycles. The SMILES string of the molecule is N#Cc1ccc(N(C=O)c2nc(-c3ccccc3)cs2)cc1. The van der Waals surface area contributed by atoms with Gasteiger partial charge in [-0.2, -0.15) is 5.26 Å². The Bertz CT molecular complexity index is 819. The third kappa shape index (κ3) is 2.73. The van der Waals surface area contributed by atoms with Gasteiger partial charge in [0.2, 0.25) is 6.41 Å². The number of thiazole rings is 1. The molecule has 3 rings (SSSR count). The summed E-state index contributed by atoms with van der Waals surface area (Å²) < 4.78 is 0. The molecule has 0 radical (unpaired) electrons. The number of benzene rings is 2. The summed E-state index contributed by atoms with van der Waals surface area (Å²) in [4.78, 5) is 17.4. The predicted molar refractivity (Wildman–Crippen MR) is 86.9 cm³/mol. The van der Waals surface area contributed by atoms with Crippen LogP contribution in [-0.4, -0.2) is 11.4 Å². The maximum absolute atomic E-state index is 11.4. The second-order valence-corrected chi connectivity index (χ2v) is 5.35. The first-order chi connectivity index (χ1) is 10.8. The van der Waals surface area contributed by atoms with Crippen LogP contribution in [0.4, 0.5) is 10.8 Å². The number of rotatable bonds is 4. The zero-order valence-electron chi connectivity index (χ0n) is 11.5. The molecule has 22 heavy (non-hydrogen) atoms. The summed E-state index contributed by atoms with van der Waals surface area (Å²) >= 11 is 1.40. The highest BCUT2D eigenvalue weighted by Gasteiger charge is 2.13. The van der Waals surface area contributed by atoms with Crippen LogP contribution >= 0.6 is 11.3 Å². The van der Waals surface area contributed by atoms with Crippen molar-refractivity contribution in [1.82, 2.24) is 4.98 Å².